The monoisotopic (exact) mass is 745 g/mol. The summed E-state index contributed by atoms with van der Waals surface area (Å²) in [6.07, 6.45) is 0. The van der Waals surface area contributed by atoms with E-state index in [2.05, 4.69) is 106 Å². The zero-order valence-corrected chi connectivity index (χ0v) is 31.0. The van der Waals surface area contributed by atoms with E-state index in [1.165, 1.54) is 10.8 Å². The molecule has 0 bridgehead atoms. The minimum Gasteiger partial charge on any atom is -0.449 e. The van der Waals surface area contributed by atoms with Crippen LogP contribution < -0.4 is 9.47 Å². The second kappa shape index (κ2) is 12.8. The second-order valence-corrected chi connectivity index (χ2v) is 14.4. The molecule has 0 radical (unpaired) electrons. The first kappa shape index (κ1) is 32.2. The van der Waals surface area contributed by atoms with Crippen molar-refractivity contribution in [2.75, 3.05) is 0 Å². The molecule has 8 aromatic carbocycles. The van der Waals surface area contributed by atoms with Gasteiger partial charge in [0.05, 0.1) is 16.6 Å². The molecule has 1 aliphatic heterocycles. The first-order chi connectivity index (χ1) is 28.8. The van der Waals surface area contributed by atoms with Crippen LogP contribution in [0.4, 0.5) is 0 Å². The fraction of sp³-hybridized carbons (Fsp3) is 0. The molecule has 0 atom stereocenters. The summed E-state index contributed by atoms with van der Waals surface area (Å²) in [5, 5.41) is 4.52. The molecule has 4 heterocycles. The quantitative estimate of drug-likeness (QED) is 0.175. The fourth-order valence-corrected chi connectivity index (χ4v) is 8.46. The van der Waals surface area contributed by atoms with Crippen molar-refractivity contribution in [3.63, 3.8) is 0 Å². The molecule has 0 N–H and O–H groups in total. The lowest BCUT2D eigenvalue weighted by Gasteiger charge is -2.22. The second-order valence-electron chi connectivity index (χ2n) is 14.4. The van der Waals surface area contributed by atoms with Crippen molar-refractivity contribution in [1.82, 2.24) is 24.1 Å². The van der Waals surface area contributed by atoms with Gasteiger partial charge in [-0.05, 0) is 60.7 Å². The van der Waals surface area contributed by atoms with E-state index in [-0.39, 0.29) is 0 Å². The Hall–Kier alpha value is -8.03. The lowest BCUT2D eigenvalue weighted by Crippen LogP contribution is -2.03. The summed E-state index contributed by atoms with van der Waals surface area (Å²) in [4.78, 5) is 15.1. The maximum atomic E-state index is 6.83. The molecule has 7 heteroatoms. The average molecular weight is 746 g/mol. The zero-order chi connectivity index (χ0) is 38.2. The highest BCUT2D eigenvalue weighted by Gasteiger charge is 2.28. The van der Waals surface area contributed by atoms with E-state index in [0.29, 0.717) is 40.5 Å². The van der Waals surface area contributed by atoms with Crippen LogP contribution >= 0.6 is 0 Å². The van der Waals surface area contributed by atoms with Gasteiger partial charge in [-0.3, -0.25) is 0 Å². The molecule has 272 valence electrons. The van der Waals surface area contributed by atoms with Crippen molar-refractivity contribution in [3.8, 4) is 68.5 Å². The molecule has 7 nitrogen and oxygen atoms in total. The third kappa shape index (κ3) is 4.97. The van der Waals surface area contributed by atoms with Gasteiger partial charge < -0.3 is 18.6 Å². The molecule has 58 heavy (non-hydrogen) atoms. The lowest BCUT2D eigenvalue weighted by molar-refractivity contribution is 0.362. The Kier molecular flexibility index (Phi) is 7.09. The summed E-state index contributed by atoms with van der Waals surface area (Å²) >= 11 is 0. The summed E-state index contributed by atoms with van der Waals surface area (Å²) in [5.41, 5.74) is 8.92. The maximum absolute atomic E-state index is 6.83. The van der Waals surface area contributed by atoms with E-state index in [0.717, 1.165) is 60.9 Å². The minimum absolute atomic E-state index is 0.581. The van der Waals surface area contributed by atoms with Crippen molar-refractivity contribution >= 4 is 43.6 Å². The maximum Gasteiger partial charge on any atom is 0.194 e. The van der Waals surface area contributed by atoms with E-state index in [1.807, 2.05) is 91.0 Å². The molecule has 1 aliphatic rings. The number of para-hydroxylation sites is 4. The van der Waals surface area contributed by atoms with E-state index in [1.54, 1.807) is 0 Å². The summed E-state index contributed by atoms with van der Waals surface area (Å²) in [5.74, 6) is 4.47. The number of hydrogen-bond acceptors (Lipinski definition) is 5. The zero-order valence-electron chi connectivity index (χ0n) is 31.0. The van der Waals surface area contributed by atoms with Crippen molar-refractivity contribution in [2.24, 2.45) is 0 Å². The minimum atomic E-state index is 0.581. The van der Waals surface area contributed by atoms with Crippen LogP contribution in [0.1, 0.15) is 0 Å². The highest BCUT2D eigenvalue weighted by Crippen LogP contribution is 2.52. The summed E-state index contributed by atoms with van der Waals surface area (Å²) in [6, 6.07) is 64.3. The Labute approximate surface area is 332 Å². The summed E-state index contributed by atoms with van der Waals surface area (Å²) in [7, 11) is 0. The first-order valence-electron chi connectivity index (χ1n) is 19.3. The SMILES string of the molecule is c1ccc(-c2nc(-c3ccccc3)nc(-c3cccc(-n4c5ccc6c7ccccc7n(-c7ccccc7)c6c5c5ccc6c(c54)Oc4ccccc4O6)c3)n2)cc1. The first-order valence-corrected chi connectivity index (χ1v) is 19.3. The number of ether oxygens (including phenoxy) is 2. The molecule has 0 saturated carbocycles. The van der Waals surface area contributed by atoms with E-state index >= 15 is 0 Å². The molecule has 12 rings (SSSR count). The normalized spacial score (nSPS) is 12.1. The lowest BCUT2D eigenvalue weighted by atomic mass is 10.1. The molecule has 0 unspecified atom stereocenters. The molecular weight excluding hydrogens is 715 g/mol. The number of hydrogen-bond donors (Lipinski definition) is 0. The van der Waals surface area contributed by atoms with Crippen LogP contribution in [-0.4, -0.2) is 24.1 Å². The summed E-state index contributed by atoms with van der Waals surface area (Å²) < 4.78 is 18.0. The number of benzene rings is 8. The van der Waals surface area contributed by atoms with Gasteiger partial charge in [-0.15, -0.1) is 0 Å². The Morgan fingerprint density at radius 2 is 0.897 bits per heavy atom. The van der Waals surface area contributed by atoms with Gasteiger partial charge in [0, 0.05) is 49.6 Å². The van der Waals surface area contributed by atoms with Crippen molar-refractivity contribution in [1.29, 1.82) is 0 Å². The van der Waals surface area contributed by atoms with Crippen LogP contribution in [-0.2, 0) is 0 Å². The predicted octanol–water partition coefficient (Wildman–Crippen LogP) is 13.0. The topological polar surface area (TPSA) is 67.0 Å². The molecule has 0 fully saturated rings. The summed E-state index contributed by atoms with van der Waals surface area (Å²) in [6.45, 7) is 0. The van der Waals surface area contributed by atoms with Gasteiger partial charge in [0.15, 0.2) is 40.5 Å². The molecule has 0 spiro atoms. The van der Waals surface area contributed by atoms with Gasteiger partial charge in [-0.1, -0.05) is 127 Å². The van der Waals surface area contributed by atoms with Crippen LogP contribution in [0.15, 0.2) is 188 Å². The standard InChI is InChI=1S/C51H31N5O2/c1-4-15-32(16-5-1)49-52-50(33-17-6-2-7-18-33)54-51(53-49)34-19-14-22-36(31-34)56-41-29-27-38-37-23-10-11-24-40(37)55(35-20-8-3-9-21-35)46(38)45(41)39-28-30-44-48(47(39)56)58-43-26-13-12-25-42(43)57-44/h1-31H. The van der Waals surface area contributed by atoms with Gasteiger partial charge >= 0.3 is 0 Å². The van der Waals surface area contributed by atoms with E-state index in [9.17, 15) is 0 Å². The van der Waals surface area contributed by atoms with Crippen molar-refractivity contribution < 1.29 is 9.47 Å². The van der Waals surface area contributed by atoms with Gasteiger partial charge in [0.2, 0.25) is 0 Å². The Bertz CT molecular complexity index is 3340. The number of aromatic nitrogens is 5. The Balaban J connectivity index is 1.16. The Morgan fingerprint density at radius 3 is 1.62 bits per heavy atom. The van der Waals surface area contributed by atoms with E-state index in [4.69, 9.17) is 24.4 Å². The van der Waals surface area contributed by atoms with Crippen molar-refractivity contribution in [2.45, 2.75) is 0 Å². The third-order valence-corrected chi connectivity index (χ3v) is 11.0. The third-order valence-electron chi connectivity index (χ3n) is 11.0. The van der Waals surface area contributed by atoms with Gasteiger partial charge in [0.1, 0.15) is 5.52 Å². The van der Waals surface area contributed by atoms with Crippen LogP contribution in [0.5, 0.6) is 23.0 Å². The number of fused-ring (bicyclic) bond motifs is 10. The molecule has 0 aliphatic carbocycles. The molecule has 11 aromatic rings. The Morgan fingerprint density at radius 1 is 0.345 bits per heavy atom. The van der Waals surface area contributed by atoms with Gasteiger partial charge in [-0.2, -0.15) is 0 Å². The molecular formula is C51H31N5O2. The molecule has 0 amide bonds. The van der Waals surface area contributed by atoms with E-state index < -0.39 is 0 Å². The van der Waals surface area contributed by atoms with Crippen LogP contribution in [0.2, 0.25) is 0 Å². The van der Waals surface area contributed by atoms with Crippen molar-refractivity contribution in [3.05, 3.63) is 188 Å². The smallest absolute Gasteiger partial charge is 0.194 e. The van der Waals surface area contributed by atoms with Crippen LogP contribution in [0.3, 0.4) is 0 Å². The highest BCUT2D eigenvalue weighted by molar-refractivity contribution is 6.27. The predicted molar refractivity (Wildman–Crippen MR) is 231 cm³/mol. The number of rotatable bonds is 5. The number of nitrogens with zero attached hydrogens (tertiary/aromatic N) is 5. The average Bonchev–Trinajstić information content (AvgIpc) is 3.82. The van der Waals surface area contributed by atoms with Crippen LogP contribution in [0.25, 0.3) is 89.2 Å². The van der Waals surface area contributed by atoms with Gasteiger partial charge in [-0.25, -0.2) is 15.0 Å². The van der Waals surface area contributed by atoms with Crippen LogP contribution in [0, 0.1) is 0 Å². The fourth-order valence-electron chi connectivity index (χ4n) is 8.46. The molecule has 3 aromatic heterocycles. The molecule has 0 saturated heterocycles. The highest BCUT2D eigenvalue weighted by atomic mass is 16.6. The van der Waals surface area contributed by atoms with Gasteiger partial charge in [0.25, 0.3) is 0 Å². The largest absolute Gasteiger partial charge is 0.449 e.